The first-order valence-electron chi connectivity index (χ1n) is 6.84. The smallest absolute Gasteiger partial charge is 0.0718 e. The van der Waals surface area contributed by atoms with E-state index in [4.69, 9.17) is 10.8 Å². The largest absolute Gasteiger partial charge is 0.330 e. The Kier molecular flexibility index (Phi) is 3.71. The van der Waals surface area contributed by atoms with Gasteiger partial charge in [-0.2, -0.15) is 5.10 Å². The number of nitrogens with zero attached hydrogens (tertiary/aromatic N) is 2. The molecule has 0 atom stereocenters. The third-order valence-corrected chi connectivity index (χ3v) is 4.15. The predicted molar refractivity (Wildman–Crippen MR) is 81.1 cm³/mol. The Labute approximate surface area is 121 Å². The number of halogens is 1. The molecule has 0 radical (unpaired) electrons. The molecule has 1 aromatic heterocycles. The van der Waals surface area contributed by atoms with Crippen LogP contribution in [0, 0.1) is 0 Å². The molecule has 2 aromatic rings. The first-order chi connectivity index (χ1) is 9.29. The summed E-state index contributed by atoms with van der Waals surface area (Å²) in [6, 6.07) is 8.48. The molecule has 19 heavy (non-hydrogen) atoms. The zero-order valence-corrected chi connectivity index (χ0v) is 12.5. The van der Waals surface area contributed by atoms with Crippen LogP contribution in [0.5, 0.6) is 0 Å². The molecule has 4 heteroatoms. The van der Waals surface area contributed by atoms with Crippen LogP contribution in [-0.4, -0.2) is 16.3 Å². The van der Waals surface area contributed by atoms with Crippen molar-refractivity contribution in [1.29, 1.82) is 0 Å². The number of fused-ring (bicyclic) bond motifs is 1. The molecule has 2 N–H and O–H groups in total. The van der Waals surface area contributed by atoms with Gasteiger partial charge in [0.15, 0.2) is 0 Å². The van der Waals surface area contributed by atoms with Gasteiger partial charge in [-0.25, -0.2) is 0 Å². The van der Waals surface area contributed by atoms with Crippen molar-refractivity contribution in [3.8, 4) is 11.1 Å². The Morgan fingerprint density at radius 1 is 1.32 bits per heavy atom. The molecule has 0 saturated heterocycles. The molecule has 2 heterocycles. The van der Waals surface area contributed by atoms with Crippen molar-refractivity contribution in [1.82, 2.24) is 9.78 Å². The highest BCUT2D eigenvalue weighted by Crippen LogP contribution is 2.32. The van der Waals surface area contributed by atoms with Crippen LogP contribution >= 0.6 is 15.9 Å². The lowest BCUT2D eigenvalue weighted by Crippen LogP contribution is -2.11. The molecule has 100 valence electrons. The van der Waals surface area contributed by atoms with Crippen LogP contribution in [0.15, 0.2) is 28.7 Å². The Hall–Kier alpha value is -1.13. The highest BCUT2D eigenvalue weighted by molar-refractivity contribution is 9.10. The molecule has 1 aromatic carbocycles. The Balaban J connectivity index is 2.14. The Morgan fingerprint density at radius 3 is 3.00 bits per heavy atom. The number of nitrogens with two attached hydrogens (primary N) is 1. The van der Waals surface area contributed by atoms with E-state index in [-0.39, 0.29) is 0 Å². The van der Waals surface area contributed by atoms with E-state index in [1.165, 1.54) is 29.7 Å². The van der Waals surface area contributed by atoms with Crippen LogP contribution in [0.4, 0.5) is 0 Å². The van der Waals surface area contributed by atoms with E-state index in [9.17, 15) is 0 Å². The lowest BCUT2D eigenvalue weighted by Gasteiger charge is -2.14. The third-order valence-electron chi connectivity index (χ3n) is 3.66. The number of hydrogen-bond donors (Lipinski definition) is 1. The Morgan fingerprint density at radius 2 is 2.21 bits per heavy atom. The molecule has 1 aliphatic rings. The van der Waals surface area contributed by atoms with E-state index in [1.54, 1.807) is 0 Å². The van der Waals surface area contributed by atoms with E-state index in [0.29, 0.717) is 6.54 Å². The summed E-state index contributed by atoms with van der Waals surface area (Å²) in [4.78, 5) is 0. The van der Waals surface area contributed by atoms with Gasteiger partial charge in [0.1, 0.15) is 0 Å². The first kappa shape index (κ1) is 12.9. The summed E-state index contributed by atoms with van der Waals surface area (Å²) < 4.78 is 3.30. The van der Waals surface area contributed by atoms with Gasteiger partial charge in [-0.1, -0.05) is 28.1 Å². The van der Waals surface area contributed by atoms with Crippen molar-refractivity contribution in [3.63, 3.8) is 0 Å². The molecule has 0 fully saturated rings. The number of aryl methyl sites for hydroxylation is 1. The topological polar surface area (TPSA) is 43.8 Å². The lowest BCUT2D eigenvalue weighted by atomic mass is 9.97. The molecular weight excluding hydrogens is 302 g/mol. The monoisotopic (exact) mass is 319 g/mol. The van der Waals surface area contributed by atoms with E-state index in [2.05, 4.69) is 44.9 Å². The van der Waals surface area contributed by atoms with Gasteiger partial charge in [0, 0.05) is 28.7 Å². The number of aromatic nitrogens is 2. The maximum atomic E-state index is 5.74. The van der Waals surface area contributed by atoms with Crippen LogP contribution in [0.1, 0.15) is 24.2 Å². The maximum Gasteiger partial charge on any atom is 0.0718 e. The average molecular weight is 320 g/mol. The van der Waals surface area contributed by atoms with Gasteiger partial charge in [-0.05, 0) is 43.5 Å². The molecule has 0 bridgehead atoms. The van der Waals surface area contributed by atoms with Gasteiger partial charge in [-0.3, -0.25) is 4.68 Å². The van der Waals surface area contributed by atoms with E-state index in [0.717, 1.165) is 29.6 Å². The standard InChI is InChI=1S/C15H18BrN3/c16-12-5-3-4-11(10-12)15-13(7-8-17)18-19-9-2-1-6-14(15)19/h3-5,10H,1-2,6-9,17H2. The molecular formula is C15H18BrN3. The third kappa shape index (κ3) is 2.47. The molecule has 0 spiro atoms. The van der Waals surface area contributed by atoms with E-state index in [1.807, 2.05) is 0 Å². The molecule has 3 rings (SSSR count). The minimum absolute atomic E-state index is 0.650. The lowest BCUT2D eigenvalue weighted by molar-refractivity contribution is 0.484. The Bertz CT molecular complexity index is 589. The number of hydrogen-bond acceptors (Lipinski definition) is 2. The van der Waals surface area contributed by atoms with Crippen LogP contribution in [0.3, 0.4) is 0 Å². The highest BCUT2D eigenvalue weighted by atomic mass is 79.9. The molecule has 0 unspecified atom stereocenters. The summed E-state index contributed by atoms with van der Waals surface area (Å²) in [6.45, 7) is 1.69. The number of benzene rings is 1. The summed E-state index contributed by atoms with van der Waals surface area (Å²) >= 11 is 3.56. The summed E-state index contributed by atoms with van der Waals surface area (Å²) in [5.74, 6) is 0. The summed E-state index contributed by atoms with van der Waals surface area (Å²) in [7, 11) is 0. The zero-order chi connectivity index (χ0) is 13.2. The molecule has 0 amide bonds. The normalized spacial score (nSPS) is 14.4. The van der Waals surface area contributed by atoms with E-state index < -0.39 is 0 Å². The van der Waals surface area contributed by atoms with Crippen molar-refractivity contribution < 1.29 is 0 Å². The number of rotatable bonds is 3. The molecule has 0 saturated carbocycles. The van der Waals surface area contributed by atoms with Crippen molar-refractivity contribution in [2.24, 2.45) is 5.73 Å². The maximum absolute atomic E-state index is 5.74. The van der Waals surface area contributed by atoms with E-state index >= 15 is 0 Å². The van der Waals surface area contributed by atoms with Gasteiger partial charge < -0.3 is 5.73 Å². The fourth-order valence-electron chi connectivity index (χ4n) is 2.83. The predicted octanol–water partition coefficient (Wildman–Crippen LogP) is 3.15. The molecule has 1 aliphatic heterocycles. The van der Waals surface area contributed by atoms with Crippen LogP contribution < -0.4 is 5.73 Å². The SMILES string of the molecule is NCCc1nn2c(c1-c1cccc(Br)c1)CCCC2. The van der Waals surface area contributed by atoms with Gasteiger partial charge in [0.05, 0.1) is 5.69 Å². The minimum atomic E-state index is 0.650. The first-order valence-corrected chi connectivity index (χ1v) is 7.63. The van der Waals surface area contributed by atoms with Gasteiger partial charge in [0.25, 0.3) is 0 Å². The van der Waals surface area contributed by atoms with Crippen LogP contribution in [-0.2, 0) is 19.4 Å². The summed E-state index contributed by atoms with van der Waals surface area (Å²) in [6.07, 6.45) is 4.46. The van der Waals surface area contributed by atoms with Crippen LogP contribution in [0.25, 0.3) is 11.1 Å². The van der Waals surface area contributed by atoms with Crippen molar-refractivity contribution >= 4 is 15.9 Å². The van der Waals surface area contributed by atoms with Gasteiger partial charge in [-0.15, -0.1) is 0 Å². The van der Waals surface area contributed by atoms with Crippen molar-refractivity contribution in [2.75, 3.05) is 6.54 Å². The minimum Gasteiger partial charge on any atom is -0.330 e. The molecule has 0 aliphatic carbocycles. The second kappa shape index (κ2) is 5.47. The van der Waals surface area contributed by atoms with Gasteiger partial charge in [0.2, 0.25) is 0 Å². The fourth-order valence-corrected chi connectivity index (χ4v) is 3.23. The van der Waals surface area contributed by atoms with Crippen LogP contribution in [0.2, 0.25) is 0 Å². The quantitative estimate of drug-likeness (QED) is 0.944. The van der Waals surface area contributed by atoms with Crippen molar-refractivity contribution in [3.05, 3.63) is 40.1 Å². The second-order valence-electron chi connectivity index (χ2n) is 5.00. The highest BCUT2D eigenvalue weighted by Gasteiger charge is 2.20. The average Bonchev–Trinajstić information content (AvgIpc) is 2.77. The second-order valence-corrected chi connectivity index (χ2v) is 5.91. The summed E-state index contributed by atoms with van der Waals surface area (Å²) in [5, 5.41) is 4.77. The fraction of sp³-hybridized carbons (Fsp3) is 0.400. The zero-order valence-electron chi connectivity index (χ0n) is 10.9. The molecule has 3 nitrogen and oxygen atoms in total. The summed E-state index contributed by atoms with van der Waals surface area (Å²) in [5.41, 5.74) is 10.8. The van der Waals surface area contributed by atoms with Gasteiger partial charge >= 0.3 is 0 Å². The van der Waals surface area contributed by atoms with Crippen molar-refractivity contribution in [2.45, 2.75) is 32.2 Å².